The molecule has 0 bridgehead atoms. The highest BCUT2D eigenvalue weighted by Gasteiger charge is 2.30. The molecule has 106 valence electrons. The summed E-state index contributed by atoms with van der Waals surface area (Å²) in [6.07, 6.45) is -5.80. The monoisotopic (exact) mass is 304 g/mol. The van der Waals surface area contributed by atoms with Crippen molar-refractivity contribution in [2.24, 2.45) is 0 Å². The topological polar surface area (TPSA) is 20.2 Å². The summed E-state index contributed by atoms with van der Waals surface area (Å²) in [5, 5.41) is 10.2. The predicted octanol–water partition coefficient (Wildman–Crippen LogP) is 4.58. The molecule has 1 unspecified atom stereocenters. The van der Waals surface area contributed by atoms with Crippen molar-refractivity contribution in [1.82, 2.24) is 0 Å². The first-order valence-electron chi connectivity index (χ1n) is 5.59. The highest BCUT2D eigenvalue weighted by molar-refractivity contribution is 6.30. The Morgan fingerprint density at radius 1 is 1.00 bits per heavy atom. The van der Waals surface area contributed by atoms with Gasteiger partial charge in [-0.25, -0.2) is 4.39 Å². The van der Waals surface area contributed by atoms with Gasteiger partial charge in [0.25, 0.3) is 0 Å². The summed E-state index contributed by atoms with van der Waals surface area (Å²) in [6.45, 7) is 0. The Labute approximate surface area is 117 Å². The van der Waals surface area contributed by atoms with Gasteiger partial charge in [0.05, 0.1) is 5.56 Å². The normalized spacial score (nSPS) is 13.3. The lowest BCUT2D eigenvalue weighted by atomic mass is 10.00. The Kier molecular flexibility index (Phi) is 4.01. The van der Waals surface area contributed by atoms with Gasteiger partial charge in [0.1, 0.15) is 11.9 Å². The molecule has 0 radical (unpaired) electrons. The van der Waals surface area contributed by atoms with Crippen LogP contribution in [0.5, 0.6) is 0 Å². The molecule has 0 spiro atoms. The van der Waals surface area contributed by atoms with Crippen LogP contribution < -0.4 is 0 Å². The molecule has 0 fully saturated rings. The predicted molar refractivity (Wildman–Crippen MR) is 66.9 cm³/mol. The van der Waals surface area contributed by atoms with E-state index in [9.17, 15) is 22.7 Å². The van der Waals surface area contributed by atoms with Crippen LogP contribution in [-0.2, 0) is 6.18 Å². The molecule has 6 heteroatoms. The second-order valence-corrected chi connectivity index (χ2v) is 4.62. The summed E-state index contributed by atoms with van der Waals surface area (Å²) in [6, 6.07) is 7.62. The molecule has 1 N–H and O–H groups in total. The molecule has 2 aromatic rings. The summed E-state index contributed by atoms with van der Waals surface area (Å²) in [5.74, 6) is -0.718. The summed E-state index contributed by atoms with van der Waals surface area (Å²) in [7, 11) is 0. The van der Waals surface area contributed by atoms with Crippen molar-refractivity contribution in [3.05, 3.63) is 70.0 Å². The maximum absolute atomic E-state index is 13.6. The van der Waals surface area contributed by atoms with E-state index in [0.29, 0.717) is 0 Å². The molecule has 0 aliphatic carbocycles. The summed E-state index contributed by atoms with van der Waals surface area (Å²) < 4.78 is 50.9. The van der Waals surface area contributed by atoms with Crippen LogP contribution in [0.1, 0.15) is 22.8 Å². The third kappa shape index (κ3) is 3.11. The van der Waals surface area contributed by atoms with Gasteiger partial charge in [-0.2, -0.15) is 13.2 Å². The molecule has 0 amide bonds. The van der Waals surface area contributed by atoms with E-state index in [-0.39, 0.29) is 16.1 Å². The number of benzene rings is 2. The Balaban J connectivity index is 2.31. The molecule has 20 heavy (non-hydrogen) atoms. The van der Waals surface area contributed by atoms with Crippen LogP contribution in [-0.4, -0.2) is 5.11 Å². The molecular formula is C14H9ClF4O. The van der Waals surface area contributed by atoms with Crippen molar-refractivity contribution in [2.75, 3.05) is 0 Å². The van der Waals surface area contributed by atoms with Crippen LogP contribution in [0.15, 0.2) is 42.5 Å². The molecule has 0 heterocycles. The first kappa shape index (κ1) is 14.8. The van der Waals surface area contributed by atoms with E-state index in [0.717, 1.165) is 30.3 Å². The zero-order chi connectivity index (χ0) is 14.9. The van der Waals surface area contributed by atoms with E-state index in [1.165, 1.54) is 12.1 Å². The number of aliphatic hydroxyl groups is 1. The SMILES string of the molecule is OC(c1ccc(C(F)(F)F)cc1)c1ccc(Cl)cc1F. The lowest BCUT2D eigenvalue weighted by molar-refractivity contribution is -0.137. The average Bonchev–Trinajstić information content (AvgIpc) is 2.37. The van der Waals surface area contributed by atoms with Gasteiger partial charge in [-0.1, -0.05) is 29.8 Å². The van der Waals surface area contributed by atoms with Gasteiger partial charge in [-0.05, 0) is 29.8 Å². The van der Waals surface area contributed by atoms with Gasteiger partial charge in [-0.15, -0.1) is 0 Å². The molecule has 0 saturated heterocycles. The molecule has 1 atom stereocenters. The fourth-order valence-electron chi connectivity index (χ4n) is 1.76. The second kappa shape index (κ2) is 5.42. The van der Waals surface area contributed by atoms with Crippen molar-refractivity contribution in [3.63, 3.8) is 0 Å². The van der Waals surface area contributed by atoms with E-state index in [1.807, 2.05) is 0 Å². The van der Waals surface area contributed by atoms with Crippen molar-refractivity contribution < 1.29 is 22.7 Å². The maximum atomic E-state index is 13.6. The van der Waals surface area contributed by atoms with Crippen molar-refractivity contribution in [3.8, 4) is 0 Å². The largest absolute Gasteiger partial charge is 0.416 e. The zero-order valence-corrected chi connectivity index (χ0v) is 10.7. The number of aliphatic hydroxyl groups excluding tert-OH is 1. The lowest BCUT2D eigenvalue weighted by Gasteiger charge is -2.14. The number of halogens is 5. The molecule has 0 aliphatic rings. The quantitative estimate of drug-likeness (QED) is 0.805. The van der Waals surface area contributed by atoms with E-state index in [2.05, 4.69) is 0 Å². The van der Waals surface area contributed by atoms with Crippen molar-refractivity contribution in [1.29, 1.82) is 0 Å². The van der Waals surface area contributed by atoms with Gasteiger partial charge < -0.3 is 5.11 Å². The first-order chi connectivity index (χ1) is 9.29. The Hall–Kier alpha value is -1.59. The number of hydrogen-bond acceptors (Lipinski definition) is 1. The minimum absolute atomic E-state index is 0.0471. The van der Waals surface area contributed by atoms with Crippen LogP contribution in [0.25, 0.3) is 0 Å². The van der Waals surface area contributed by atoms with E-state index < -0.39 is 23.7 Å². The second-order valence-electron chi connectivity index (χ2n) is 4.19. The maximum Gasteiger partial charge on any atom is 0.416 e. The van der Waals surface area contributed by atoms with E-state index >= 15 is 0 Å². The van der Waals surface area contributed by atoms with Gasteiger partial charge in [-0.3, -0.25) is 0 Å². The minimum atomic E-state index is -4.45. The summed E-state index contributed by atoms with van der Waals surface area (Å²) in [5.41, 5.74) is -0.710. The first-order valence-corrected chi connectivity index (χ1v) is 5.97. The smallest absolute Gasteiger partial charge is 0.384 e. The number of hydrogen-bond donors (Lipinski definition) is 1. The van der Waals surface area contributed by atoms with Crippen molar-refractivity contribution in [2.45, 2.75) is 12.3 Å². The highest BCUT2D eigenvalue weighted by Crippen LogP contribution is 2.31. The van der Waals surface area contributed by atoms with Gasteiger partial charge >= 0.3 is 6.18 Å². The lowest BCUT2D eigenvalue weighted by Crippen LogP contribution is -2.06. The van der Waals surface area contributed by atoms with Crippen LogP contribution in [0, 0.1) is 5.82 Å². The summed E-state index contributed by atoms with van der Waals surface area (Å²) >= 11 is 5.59. The molecule has 0 aliphatic heterocycles. The zero-order valence-electron chi connectivity index (χ0n) is 9.96. The van der Waals surface area contributed by atoms with Crippen molar-refractivity contribution >= 4 is 11.6 Å². The third-order valence-corrected chi connectivity index (χ3v) is 3.05. The van der Waals surface area contributed by atoms with Gasteiger partial charge in [0.15, 0.2) is 0 Å². The Morgan fingerprint density at radius 2 is 1.60 bits per heavy atom. The number of rotatable bonds is 2. The van der Waals surface area contributed by atoms with Gasteiger partial charge in [0, 0.05) is 10.6 Å². The fourth-order valence-corrected chi connectivity index (χ4v) is 1.92. The molecule has 2 aromatic carbocycles. The summed E-state index contributed by atoms with van der Waals surface area (Å²) in [4.78, 5) is 0. The molecule has 2 rings (SSSR count). The molecular weight excluding hydrogens is 296 g/mol. The van der Waals surface area contributed by atoms with Crippen LogP contribution >= 0.6 is 11.6 Å². The Morgan fingerprint density at radius 3 is 2.10 bits per heavy atom. The third-order valence-electron chi connectivity index (χ3n) is 2.81. The van der Waals surface area contributed by atoms with Crippen LogP contribution in [0.3, 0.4) is 0 Å². The average molecular weight is 305 g/mol. The van der Waals surface area contributed by atoms with Crippen LogP contribution in [0.2, 0.25) is 5.02 Å². The number of alkyl halides is 3. The minimum Gasteiger partial charge on any atom is -0.384 e. The Bertz CT molecular complexity index is 608. The molecule has 0 saturated carbocycles. The van der Waals surface area contributed by atoms with E-state index in [4.69, 9.17) is 11.6 Å². The highest BCUT2D eigenvalue weighted by atomic mass is 35.5. The fraction of sp³-hybridized carbons (Fsp3) is 0.143. The molecule has 1 nitrogen and oxygen atoms in total. The van der Waals surface area contributed by atoms with E-state index in [1.54, 1.807) is 0 Å². The standard InChI is InChI=1S/C14H9ClF4O/c15-10-5-6-11(12(16)7-10)13(20)8-1-3-9(4-2-8)14(17,18)19/h1-7,13,20H. The van der Waals surface area contributed by atoms with Gasteiger partial charge in [0.2, 0.25) is 0 Å². The molecule has 0 aromatic heterocycles. The van der Waals surface area contributed by atoms with Crippen LogP contribution in [0.4, 0.5) is 17.6 Å².